The molecule has 1 aromatic rings. The lowest BCUT2D eigenvalue weighted by atomic mass is 9.61. The van der Waals surface area contributed by atoms with Crippen LogP contribution in [0.2, 0.25) is 0 Å². The number of nitrogens with one attached hydrogen (secondary N) is 1. The van der Waals surface area contributed by atoms with E-state index in [2.05, 4.69) is 33.9 Å². The van der Waals surface area contributed by atoms with Crippen LogP contribution in [0, 0.1) is 16.7 Å². The normalized spacial score (nSPS) is 21.5. The predicted octanol–water partition coefficient (Wildman–Crippen LogP) is 3.76. The highest BCUT2D eigenvalue weighted by atomic mass is 79.9. The second kappa shape index (κ2) is 4.50. The van der Waals surface area contributed by atoms with Gasteiger partial charge in [0.15, 0.2) is 0 Å². The number of benzene rings is 1. The summed E-state index contributed by atoms with van der Waals surface area (Å²) in [5, 5.41) is 12.1. The Kier molecular flexibility index (Phi) is 3.27. The molecule has 0 aromatic heterocycles. The van der Waals surface area contributed by atoms with Crippen LogP contribution in [0.3, 0.4) is 0 Å². The summed E-state index contributed by atoms with van der Waals surface area (Å²) in [5.74, 6) is -0.132. The lowest BCUT2D eigenvalue weighted by Gasteiger charge is -2.39. The fourth-order valence-electron chi connectivity index (χ4n) is 2.68. The molecule has 0 spiro atoms. The Morgan fingerprint density at radius 1 is 1.58 bits per heavy atom. The van der Waals surface area contributed by atoms with Gasteiger partial charge in [0.05, 0.1) is 17.9 Å². The number of allylic oxidation sites excluding steroid dienone is 1. The van der Waals surface area contributed by atoms with E-state index in [-0.39, 0.29) is 12.3 Å². The highest BCUT2D eigenvalue weighted by Gasteiger charge is 2.55. The fraction of sp³-hybridized carbons (Fsp3) is 0.333. The van der Waals surface area contributed by atoms with E-state index in [4.69, 9.17) is 0 Å². The summed E-state index contributed by atoms with van der Waals surface area (Å²) in [6, 6.07) is 7.82. The number of nitriles is 1. The van der Waals surface area contributed by atoms with Crippen LogP contribution >= 0.6 is 15.9 Å². The molecule has 4 heteroatoms. The number of nitrogens with zero attached hydrogens (tertiary/aromatic N) is 1. The molecule has 1 amide bonds. The van der Waals surface area contributed by atoms with E-state index in [9.17, 15) is 10.1 Å². The van der Waals surface area contributed by atoms with Crippen LogP contribution in [0.5, 0.6) is 0 Å². The first-order chi connectivity index (χ1) is 8.89. The van der Waals surface area contributed by atoms with Gasteiger partial charge in [-0.1, -0.05) is 41.9 Å². The smallest absolute Gasteiger partial charge is 0.237 e. The van der Waals surface area contributed by atoms with E-state index < -0.39 is 10.8 Å². The number of rotatable bonds is 3. The molecule has 0 radical (unpaired) electrons. The van der Waals surface area contributed by atoms with E-state index in [1.165, 1.54) is 0 Å². The Bertz CT molecular complexity index is 601. The second-order valence-corrected chi connectivity index (χ2v) is 6.23. The third kappa shape index (κ3) is 1.81. The molecular weight excluding hydrogens is 304 g/mol. The van der Waals surface area contributed by atoms with Gasteiger partial charge in [-0.25, -0.2) is 0 Å². The Morgan fingerprint density at radius 2 is 2.26 bits per heavy atom. The van der Waals surface area contributed by atoms with Gasteiger partial charge in [-0.05, 0) is 17.7 Å². The molecule has 19 heavy (non-hydrogen) atoms. The third-order valence-corrected chi connectivity index (χ3v) is 4.52. The van der Waals surface area contributed by atoms with Crippen LogP contribution in [-0.4, -0.2) is 5.91 Å². The highest BCUT2D eigenvalue weighted by molar-refractivity contribution is 9.10. The Hall–Kier alpha value is -1.60. The first kappa shape index (κ1) is 13.8. The lowest BCUT2D eigenvalue weighted by molar-refractivity contribution is -0.123. The monoisotopic (exact) mass is 318 g/mol. The van der Waals surface area contributed by atoms with Gasteiger partial charge in [0.25, 0.3) is 0 Å². The highest BCUT2D eigenvalue weighted by Crippen LogP contribution is 2.52. The second-order valence-electron chi connectivity index (χ2n) is 5.31. The molecule has 1 aromatic carbocycles. The molecule has 0 saturated heterocycles. The largest absolute Gasteiger partial charge is 0.325 e. The third-order valence-electron chi connectivity index (χ3n) is 4.03. The van der Waals surface area contributed by atoms with Crippen molar-refractivity contribution in [3.05, 3.63) is 40.9 Å². The molecule has 1 unspecified atom stereocenters. The molecule has 2 rings (SSSR count). The Balaban J connectivity index is 2.74. The number of fused-ring (bicyclic) bond motifs is 1. The minimum absolute atomic E-state index is 0.131. The summed E-state index contributed by atoms with van der Waals surface area (Å²) in [7, 11) is 0. The first-order valence-electron chi connectivity index (χ1n) is 6.01. The summed E-state index contributed by atoms with van der Waals surface area (Å²) < 4.78 is 0.899. The van der Waals surface area contributed by atoms with Crippen molar-refractivity contribution < 1.29 is 4.79 Å². The summed E-state index contributed by atoms with van der Waals surface area (Å²) in [6.07, 6.45) is 1.88. The molecule has 1 aliphatic rings. The molecule has 0 fully saturated rings. The van der Waals surface area contributed by atoms with Crippen LogP contribution in [-0.2, 0) is 10.2 Å². The van der Waals surface area contributed by atoms with Gasteiger partial charge in [0, 0.05) is 15.6 Å². The maximum atomic E-state index is 12.5. The number of hydrogen-bond acceptors (Lipinski definition) is 2. The molecule has 0 bridgehead atoms. The molecule has 3 nitrogen and oxygen atoms in total. The van der Waals surface area contributed by atoms with Gasteiger partial charge in [-0.2, -0.15) is 5.26 Å². The van der Waals surface area contributed by atoms with E-state index >= 15 is 0 Å². The zero-order chi connectivity index (χ0) is 14.3. The van der Waals surface area contributed by atoms with Crippen molar-refractivity contribution in [1.82, 2.24) is 0 Å². The van der Waals surface area contributed by atoms with Crippen LogP contribution in [0.4, 0.5) is 5.69 Å². The summed E-state index contributed by atoms with van der Waals surface area (Å²) in [6.45, 7) is 7.71. The minimum atomic E-state index is -0.875. The lowest BCUT2D eigenvalue weighted by Crippen LogP contribution is -2.46. The molecule has 1 atom stereocenters. The van der Waals surface area contributed by atoms with Crippen LogP contribution in [0.1, 0.15) is 25.8 Å². The topological polar surface area (TPSA) is 52.9 Å². The van der Waals surface area contributed by atoms with Crippen molar-refractivity contribution in [3.63, 3.8) is 0 Å². The number of hydrogen-bond donors (Lipinski definition) is 1. The first-order valence-corrected chi connectivity index (χ1v) is 6.80. The van der Waals surface area contributed by atoms with Gasteiger partial charge < -0.3 is 5.32 Å². The van der Waals surface area contributed by atoms with E-state index in [0.29, 0.717) is 0 Å². The molecule has 1 heterocycles. The quantitative estimate of drug-likeness (QED) is 0.862. The predicted molar refractivity (Wildman–Crippen MR) is 78.7 cm³/mol. The SMILES string of the molecule is C=CC(C)(C)C1(CC#N)C(=O)Nc2cc(Br)ccc21. The number of amides is 1. The Morgan fingerprint density at radius 3 is 2.84 bits per heavy atom. The van der Waals surface area contributed by atoms with Gasteiger partial charge in [0.1, 0.15) is 0 Å². The summed E-state index contributed by atoms with van der Waals surface area (Å²) in [5.41, 5.74) is 0.252. The number of anilines is 1. The number of carbonyl (C=O) groups is 1. The standard InChI is InChI=1S/C15H15BrN2O/c1-4-14(2,3)15(7-8-17)11-6-5-10(16)9-12(11)18-13(15)19/h4-6,9H,1,7H2,2-3H3,(H,18,19). The van der Waals surface area contributed by atoms with Crippen LogP contribution in [0.25, 0.3) is 0 Å². The summed E-state index contributed by atoms with van der Waals surface area (Å²) in [4.78, 5) is 12.5. The van der Waals surface area contributed by atoms with E-state index in [0.717, 1.165) is 15.7 Å². The zero-order valence-corrected chi connectivity index (χ0v) is 12.5. The van der Waals surface area contributed by atoms with Crippen molar-refractivity contribution in [2.45, 2.75) is 25.7 Å². The molecule has 1 aliphatic heterocycles. The molecule has 0 saturated carbocycles. The molecular formula is C15H15BrN2O. The van der Waals surface area contributed by atoms with E-state index in [1.54, 1.807) is 6.08 Å². The maximum absolute atomic E-state index is 12.5. The van der Waals surface area contributed by atoms with Crippen molar-refractivity contribution >= 4 is 27.5 Å². The Labute approximate surface area is 121 Å². The van der Waals surface area contributed by atoms with Gasteiger partial charge in [-0.3, -0.25) is 4.79 Å². The molecule has 98 valence electrons. The van der Waals surface area contributed by atoms with Crippen molar-refractivity contribution in [2.24, 2.45) is 5.41 Å². The fourth-order valence-corrected chi connectivity index (χ4v) is 3.04. The number of carbonyl (C=O) groups excluding carboxylic acids is 1. The van der Waals surface area contributed by atoms with Crippen molar-refractivity contribution in [3.8, 4) is 6.07 Å². The van der Waals surface area contributed by atoms with Crippen LogP contribution in [0.15, 0.2) is 35.3 Å². The van der Waals surface area contributed by atoms with Crippen LogP contribution < -0.4 is 5.32 Å². The number of halogens is 1. The average Bonchev–Trinajstić information content (AvgIpc) is 2.63. The van der Waals surface area contributed by atoms with Gasteiger partial charge >= 0.3 is 0 Å². The van der Waals surface area contributed by atoms with Gasteiger partial charge in [-0.15, -0.1) is 6.58 Å². The van der Waals surface area contributed by atoms with Gasteiger partial charge in [0.2, 0.25) is 5.91 Å². The van der Waals surface area contributed by atoms with Crippen molar-refractivity contribution in [1.29, 1.82) is 5.26 Å². The molecule has 0 aliphatic carbocycles. The average molecular weight is 319 g/mol. The van der Waals surface area contributed by atoms with Crippen molar-refractivity contribution in [2.75, 3.05) is 5.32 Å². The zero-order valence-electron chi connectivity index (χ0n) is 11.0. The molecule has 1 N–H and O–H groups in total. The maximum Gasteiger partial charge on any atom is 0.237 e. The summed E-state index contributed by atoms with van der Waals surface area (Å²) >= 11 is 3.39. The van der Waals surface area contributed by atoms with E-state index in [1.807, 2.05) is 32.0 Å². The minimum Gasteiger partial charge on any atom is -0.325 e.